The second kappa shape index (κ2) is 16.7. The van der Waals surface area contributed by atoms with E-state index in [-0.39, 0.29) is 119 Å². The number of anilines is 1. The van der Waals surface area contributed by atoms with E-state index in [1.54, 1.807) is 9.48 Å². The summed E-state index contributed by atoms with van der Waals surface area (Å²) < 4.78 is 146. The third-order valence-corrected chi connectivity index (χ3v) is 16.2. The zero-order chi connectivity index (χ0) is 42.4. The number of allylic oxidation sites excluding steroid dienone is 6. The molecular weight excluding hydrogens is 909 g/mol. The summed E-state index contributed by atoms with van der Waals surface area (Å²) in [7, 11) is -19.1. The number of fused-ring (bicyclic) bond motifs is 3. The Morgan fingerprint density at radius 1 is 0.783 bits per heavy atom. The van der Waals surface area contributed by atoms with Gasteiger partial charge in [0, 0.05) is 51.0 Å². The second-order valence-corrected chi connectivity index (χ2v) is 23.9. The minimum absolute atomic E-state index is 0. The molecule has 310 valence electrons. The van der Waals surface area contributed by atoms with E-state index in [0.717, 1.165) is 23.3 Å². The van der Waals surface area contributed by atoms with Gasteiger partial charge in [-0.2, -0.15) is 4.58 Å². The van der Waals surface area contributed by atoms with Crippen molar-refractivity contribution in [2.45, 2.75) is 81.9 Å². The molecule has 14 nitrogen and oxygen atoms in total. The van der Waals surface area contributed by atoms with Crippen LogP contribution in [0.15, 0.2) is 79.7 Å². The third-order valence-electron chi connectivity index (χ3n) is 12.6. The standard InChI is InChI=1S/C38H45ClN2O12S4.3Na/c1-35(2,3)25-18-23-24(33-36(4,5)27-16-21(56(48,49)50)8-10-30(27)40(33)12-14-54(42,43)44)19-26(25)38(32(23)39)20-29(38)34-37(6,7)28-17-22(57(51,52)53)9-11-31(28)41(34)13-15-55(45,46)47;;;/h8-11,16-17,19,25-26H,12-15,18,20H2,1-7H3,(H3-,42,43,44,45,46,47,48,49,50,51,52,53);;;/q;3*+1/p-3. The van der Waals surface area contributed by atoms with E-state index in [4.69, 9.17) is 11.6 Å². The smallest absolute Gasteiger partial charge is 0.748 e. The van der Waals surface area contributed by atoms with E-state index in [0.29, 0.717) is 57.4 Å². The first-order chi connectivity index (χ1) is 25.8. The molecule has 1 spiro atoms. The number of nitrogens with zero attached hydrogens (tertiary/aromatic N) is 2. The molecule has 2 heterocycles. The number of benzene rings is 2. The van der Waals surface area contributed by atoms with E-state index in [9.17, 15) is 51.9 Å². The molecule has 1 fully saturated rings. The predicted molar refractivity (Wildman–Crippen MR) is 207 cm³/mol. The Kier molecular flexibility index (Phi) is 14.7. The molecule has 0 N–H and O–H groups in total. The van der Waals surface area contributed by atoms with Crippen LogP contribution < -0.4 is 93.6 Å². The molecule has 2 aromatic rings. The van der Waals surface area contributed by atoms with Crippen molar-refractivity contribution in [1.29, 1.82) is 0 Å². The fourth-order valence-corrected chi connectivity index (χ4v) is 12.3. The number of rotatable bonds is 9. The van der Waals surface area contributed by atoms with E-state index in [2.05, 4.69) is 26.8 Å². The SMILES string of the molecule is CC1(C)C(=C2CC23C(Cl)=C2CC(C(C)(C)C)C3C=C2C2=[N+](CCS(=O)(=O)[O-])c3ccc(S(=O)(=O)[O-])cc3C2(C)C)N(CCS(=O)(=O)[O-])c2ccc(S(=O)(=O)[O-])cc21.[Na+].[Na+].[Na+]. The van der Waals surface area contributed by atoms with Crippen molar-refractivity contribution in [2.24, 2.45) is 22.7 Å². The van der Waals surface area contributed by atoms with Gasteiger partial charge in [0.15, 0.2) is 12.3 Å². The first-order valence-corrected chi connectivity index (χ1v) is 24.5. The maximum atomic E-state index is 12.1. The topological polar surface area (TPSA) is 235 Å². The maximum absolute atomic E-state index is 12.1. The van der Waals surface area contributed by atoms with Gasteiger partial charge in [-0.25, -0.2) is 33.7 Å². The summed E-state index contributed by atoms with van der Waals surface area (Å²) in [6, 6.07) is 7.77. The molecule has 4 aliphatic carbocycles. The van der Waals surface area contributed by atoms with Crippen LogP contribution in [-0.2, 0) is 51.3 Å². The average molecular weight is 951 g/mol. The van der Waals surface area contributed by atoms with Gasteiger partial charge in [0.2, 0.25) is 5.69 Å². The largest absolute Gasteiger partial charge is 1.00 e. The molecule has 2 bridgehead atoms. The van der Waals surface area contributed by atoms with Crippen molar-refractivity contribution in [2.75, 3.05) is 29.5 Å². The Labute approximate surface area is 424 Å². The molecule has 0 aromatic heterocycles. The Balaban J connectivity index is 0.00000265. The molecule has 1 saturated carbocycles. The Morgan fingerprint density at radius 3 is 1.83 bits per heavy atom. The zero-order valence-electron chi connectivity index (χ0n) is 35.2. The molecule has 0 amide bonds. The van der Waals surface area contributed by atoms with Gasteiger partial charge in [-0.05, 0) is 91.0 Å². The van der Waals surface area contributed by atoms with Crippen LogP contribution in [0.1, 0.15) is 72.4 Å². The van der Waals surface area contributed by atoms with E-state index < -0.39 is 78.0 Å². The minimum atomic E-state index is -4.86. The van der Waals surface area contributed by atoms with Crippen LogP contribution in [0.3, 0.4) is 0 Å². The number of halogens is 1. The summed E-state index contributed by atoms with van der Waals surface area (Å²) in [6.07, 6.45) is 3.03. The molecule has 2 aliphatic heterocycles. The van der Waals surface area contributed by atoms with Crippen molar-refractivity contribution >= 4 is 69.2 Å². The molecular formula is C38H42ClN2Na3O12S4. The zero-order valence-corrected chi connectivity index (χ0v) is 45.3. The van der Waals surface area contributed by atoms with Gasteiger partial charge in [-0.1, -0.05) is 52.3 Å². The predicted octanol–water partition coefficient (Wildman–Crippen LogP) is -4.47. The van der Waals surface area contributed by atoms with Crippen LogP contribution in [-0.4, -0.2) is 86.8 Å². The van der Waals surface area contributed by atoms with Crippen LogP contribution >= 0.6 is 11.6 Å². The van der Waals surface area contributed by atoms with Gasteiger partial charge in [-0.15, -0.1) is 0 Å². The van der Waals surface area contributed by atoms with Crippen LogP contribution in [0, 0.1) is 22.7 Å². The number of hydrogen-bond donors (Lipinski definition) is 0. The van der Waals surface area contributed by atoms with Gasteiger partial charge < -0.3 is 23.1 Å². The molecule has 3 atom stereocenters. The molecule has 22 heteroatoms. The Morgan fingerprint density at radius 2 is 1.32 bits per heavy atom. The van der Waals surface area contributed by atoms with Crippen LogP contribution in [0.4, 0.5) is 11.4 Å². The summed E-state index contributed by atoms with van der Waals surface area (Å²) in [5.74, 6) is -1.84. The summed E-state index contributed by atoms with van der Waals surface area (Å²) >= 11 is 7.62. The van der Waals surface area contributed by atoms with Crippen LogP contribution in [0.2, 0.25) is 0 Å². The molecule has 0 saturated heterocycles. The minimum Gasteiger partial charge on any atom is -0.748 e. The molecule has 60 heavy (non-hydrogen) atoms. The quantitative estimate of drug-likeness (QED) is 0.131. The van der Waals surface area contributed by atoms with Gasteiger partial charge in [-0.3, -0.25) is 0 Å². The normalized spacial score (nSPS) is 25.3. The van der Waals surface area contributed by atoms with E-state index in [1.165, 1.54) is 24.3 Å². The van der Waals surface area contributed by atoms with Crippen molar-refractivity contribution in [1.82, 2.24) is 0 Å². The van der Waals surface area contributed by atoms with Crippen LogP contribution in [0.25, 0.3) is 0 Å². The molecule has 2 aromatic carbocycles. The molecule has 8 rings (SSSR count). The maximum Gasteiger partial charge on any atom is 1.00 e. The molecule has 3 unspecified atom stereocenters. The fourth-order valence-electron chi connectivity index (χ4n) is 9.96. The van der Waals surface area contributed by atoms with Crippen molar-refractivity contribution in [3.63, 3.8) is 0 Å². The fraction of sp³-hybridized carbons (Fsp3) is 0.500. The Bertz CT molecular complexity index is 2780. The average Bonchev–Trinajstić information content (AvgIpc) is 3.66. The molecule has 6 aliphatic rings. The van der Waals surface area contributed by atoms with Gasteiger partial charge in [0.05, 0.1) is 36.8 Å². The summed E-state index contributed by atoms with van der Waals surface area (Å²) in [5.41, 5.74) is 2.23. The van der Waals surface area contributed by atoms with E-state index >= 15 is 0 Å². The summed E-state index contributed by atoms with van der Waals surface area (Å²) in [5, 5.41) is 0.498. The first-order valence-electron chi connectivity index (χ1n) is 18.2. The van der Waals surface area contributed by atoms with Crippen molar-refractivity contribution < 1.29 is 145 Å². The van der Waals surface area contributed by atoms with Gasteiger partial charge in [0.1, 0.15) is 30.4 Å². The third kappa shape index (κ3) is 8.98. The van der Waals surface area contributed by atoms with Gasteiger partial charge >= 0.3 is 88.7 Å². The second-order valence-electron chi connectivity index (χ2n) is 17.7. The monoisotopic (exact) mass is 950 g/mol. The number of hydrogen-bond acceptors (Lipinski definition) is 13. The van der Waals surface area contributed by atoms with Gasteiger partial charge in [0.25, 0.3) is 0 Å². The first kappa shape index (κ1) is 52.7. The summed E-state index contributed by atoms with van der Waals surface area (Å²) in [6.45, 7) is 13.1. The summed E-state index contributed by atoms with van der Waals surface area (Å²) in [4.78, 5) is 0.798. The van der Waals surface area contributed by atoms with E-state index in [1.807, 2.05) is 27.7 Å². The molecule has 0 radical (unpaired) electrons. The van der Waals surface area contributed by atoms with Crippen LogP contribution in [0.5, 0.6) is 0 Å². The van der Waals surface area contributed by atoms with Crippen molar-refractivity contribution in [3.05, 3.63) is 81.0 Å². The Hall–Kier alpha value is 0.0600. The van der Waals surface area contributed by atoms with Crippen molar-refractivity contribution in [3.8, 4) is 0 Å².